The van der Waals surface area contributed by atoms with Gasteiger partial charge in [0.25, 0.3) is 5.91 Å². The number of sulfone groups is 1. The Bertz CT molecular complexity index is 1070. The molecule has 1 fully saturated rings. The lowest BCUT2D eigenvalue weighted by Gasteiger charge is -2.25. The number of rotatable bonds is 4. The number of carbonyl (C=O) groups is 1. The van der Waals surface area contributed by atoms with E-state index in [9.17, 15) is 35.9 Å². The molecule has 0 bridgehead atoms. The highest BCUT2D eigenvalue weighted by Crippen LogP contribution is 2.31. The highest BCUT2D eigenvalue weighted by atomic mass is 32.2. The van der Waals surface area contributed by atoms with Gasteiger partial charge in [-0.15, -0.1) is 0 Å². The zero-order valence-electron chi connectivity index (χ0n) is 15.9. The number of aliphatic hydroxyl groups is 1. The van der Waals surface area contributed by atoms with Crippen molar-refractivity contribution in [1.82, 2.24) is 0 Å². The molecular formula is C20H19F4NO4S. The third kappa shape index (κ3) is 4.34. The van der Waals surface area contributed by atoms with E-state index in [2.05, 4.69) is 5.32 Å². The molecule has 30 heavy (non-hydrogen) atoms. The molecule has 162 valence electrons. The van der Waals surface area contributed by atoms with Crippen molar-refractivity contribution in [3.05, 3.63) is 58.7 Å². The van der Waals surface area contributed by atoms with Crippen molar-refractivity contribution >= 4 is 21.4 Å². The van der Waals surface area contributed by atoms with Crippen molar-refractivity contribution in [3.8, 4) is 0 Å². The molecule has 2 aromatic carbocycles. The van der Waals surface area contributed by atoms with Gasteiger partial charge in [0.05, 0.1) is 11.4 Å². The van der Waals surface area contributed by atoms with Crippen LogP contribution in [0, 0.1) is 30.2 Å². The minimum absolute atomic E-state index is 0.103. The zero-order valence-corrected chi connectivity index (χ0v) is 16.7. The maximum absolute atomic E-state index is 14.5. The predicted molar refractivity (Wildman–Crippen MR) is 101 cm³/mol. The van der Waals surface area contributed by atoms with Crippen LogP contribution in [0.15, 0.2) is 29.2 Å². The van der Waals surface area contributed by atoms with Gasteiger partial charge in [0, 0.05) is 23.4 Å². The van der Waals surface area contributed by atoms with Gasteiger partial charge in [-0.25, -0.2) is 26.0 Å². The number of amides is 1. The van der Waals surface area contributed by atoms with Crippen LogP contribution in [-0.4, -0.2) is 30.8 Å². The molecule has 0 unspecified atom stereocenters. The Morgan fingerprint density at radius 3 is 2.10 bits per heavy atom. The van der Waals surface area contributed by atoms with Crippen LogP contribution in [0.1, 0.15) is 41.6 Å². The Morgan fingerprint density at radius 2 is 1.53 bits per heavy atom. The molecule has 2 aromatic rings. The molecule has 0 atom stereocenters. The molecule has 0 aliphatic heterocycles. The van der Waals surface area contributed by atoms with Crippen LogP contribution in [0.4, 0.5) is 23.2 Å². The van der Waals surface area contributed by atoms with Crippen molar-refractivity contribution in [1.29, 1.82) is 0 Å². The van der Waals surface area contributed by atoms with Crippen LogP contribution in [-0.2, 0) is 9.84 Å². The maximum Gasteiger partial charge on any atom is 0.255 e. The van der Waals surface area contributed by atoms with Gasteiger partial charge in [-0.05, 0) is 50.3 Å². The number of aliphatic hydroxyl groups excluding tert-OH is 1. The fourth-order valence-corrected chi connectivity index (χ4v) is 5.34. The van der Waals surface area contributed by atoms with Crippen LogP contribution in [0.2, 0.25) is 0 Å². The topological polar surface area (TPSA) is 83.5 Å². The molecule has 10 heteroatoms. The first-order valence-corrected chi connectivity index (χ1v) is 10.7. The standard InChI is InChI=1S/C20H19F4NO4S/c1-10-6-15(21)18(30(28,29)13-4-2-12(26)3-5-13)9-14(10)20(27)25-11-7-16(22)19(24)17(23)8-11/h6-9,12-13,26H,2-5H2,1H3,(H,25,27)/t12-,13-. The Hall–Kier alpha value is -2.46. The first-order valence-electron chi connectivity index (χ1n) is 9.18. The fourth-order valence-electron chi connectivity index (χ4n) is 3.48. The van der Waals surface area contributed by atoms with Crippen molar-refractivity contribution in [2.24, 2.45) is 0 Å². The van der Waals surface area contributed by atoms with Gasteiger partial charge < -0.3 is 10.4 Å². The summed E-state index contributed by atoms with van der Waals surface area (Å²) in [5.41, 5.74) is -0.493. The van der Waals surface area contributed by atoms with Crippen molar-refractivity contribution in [3.63, 3.8) is 0 Å². The average Bonchev–Trinajstić information content (AvgIpc) is 2.66. The van der Waals surface area contributed by atoms with Crippen LogP contribution >= 0.6 is 0 Å². The fraction of sp³-hybridized carbons (Fsp3) is 0.350. The molecule has 1 aliphatic carbocycles. The van der Waals surface area contributed by atoms with Crippen LogP contribution in [0.3, 0.4) is 0 Å². The van der Waals surface area contributed by atoms with E-state index >= 15 is 0 Å². The zero-order chi connectivity index (χ0) is 22.2. The molecule has 3 rings (SSSR count). The molecule has 0 spiro atoms. The van der Waals surface area contributed by atoms with Gasteiger partial charge in [-0.2, -0.15) is 0 Å². The van der Waals surface area contributed by atoms with Gasteiger partial charge in [0.2, 0.25) is 0 Å². The molecule has 0 heterocycles. The van der Waals surface area contributed by atoms with Crippen LogP contribution in [0.5, 0.6) is 0 Å². The Kier molecular flexibility index (Phi) is 6.19. The largest absolute Gasteiger partial charge is 0.393 e. The number of hydrogen-bond acceptors (Lipinski definition) is 4. The quantitative estimate of drug-likeness (QED) is 0.553. The van der Waals surface area contributed by atoms with E-state index in [-0.39, 0.29) is 42.5 Å². The highest BCUT2D eigenvalue weighted by molar-refractivity contribution is 7.92. The number of nitrogens with one attached hydrogen (secondary N) is 1. The minimum Gasteiger partial charge on any atom is -0.393 e. The monoisotopic (exact) mass is 445 g/mol. The van der Waals surface area contributed by atoms with E-state index in [1.807, 2.05) is 0 Å². The number of anilines is 1. The number of carbonyl (C=O) groups excluding carboxylic acids is 1. The van der Waals surface area contributed by atoms with Gasteiger partial charge >= 0.3 is 0 Å². The summed E-state index contributed by atoms with van der Waals surface area (Å²) < 4.78 is 80.1. The van der Waals surface area contributed by atoms with Gasteiger partial charge in [0.15, 0.2) is 27.3 Å². The van der Waals surface area contributed by atoms with E-state index in [1.165, 1.54) is 6.92 Å². The molecule has 5 nitrogen and oxygen atoms in total. The SMILES string of the molecule is Cc1cc(F)c(S(=O)(=O)[C@H]2CC[C@H](O)CC2)cc1C(=O)Nc1cc(F)c(F)c(F)c1. The second-order valence-corrected chi connectivity index (χ2v) is 9.48. The summed E-state index contributed by atoms with van der Waals surface area (Å²) in [4.78, 5) is 11.9. The average molecular weight is 445 g/mol. The lowest BCUT2D eigenvalue weighted by molar-refractivity contribution is 0.102. The van der Waals surface area contributed by atoms with E-state index in [1.54, 1.807) is 0 Å². The Balaban J connectivity index is 1.94. The molecule has 0 aromatic heterocycles. The van der Waals surface area contributed by atoms with Crippen molar-refractivity contribution in [2.45, 2.75) is 48.9 Å². The maximum atomic E-state index is 14.5. The molecule has 1 aliphatic rings. The molecule has 0 radical (unpaired) electrons. The predicted octanol–water partition coefficient (Wildman–Crippen LogP) is 3.88. The van der Waals surface area contributed by atoms with Gasteiger partial charge in [-0.1, -0.05) is 0 Å². The van der Waals surface area contributed by atoms with Gasteiger partial charge in [0.1, 0.15) is 10.7 Å². The molecule has 1 amide bonds. The summed E-state index contributed by atoms with van der Waals surface area (Å²) >= 11 is 0. The lowest BCUT2D eigenvalue weighted by atomic mass is 9.97. The minimum atomic E-state index is -4.12. The number of hydrogen-bond donors (Lipinski definition) is 2. The third-order valence-corrected chi connectivity index (χ3v) is 7.43. The van der Waals surface area contributed by atoms with E-state index in [0.717, 1.165) is 12.1 Å². The lowest BCUT2D eigenvalue weighted by Crippen LogP contribution is -2.30. The normalized spacial score (nSPS) is 19.5. The van der Waals surface area contributed by atoms with Crippen molar-refractivity contribution in [2.75, 3.05) is 5.32 Å². The van der Waals surface area contributed by atoms with Crippen molar-refractivity contribution < 1.29 is 35.9 Å². The van der Waals surface area contributed by atoms with E-state index in [4.69, 9.17) is 0 Å². The third-order valence-electron chi connectivity index (χ3n) is 5.15. The number of benzene rings is 2. The summed E-state index contributed by atoms with van der Waals surface area (Å²) in [7, 11) is -4.12. The summed E-state index contributed by atoms with van der Waals surface area (Å²) in [5, 5.41) is 10.8. The summed E-state index contributed by atoms with van der Waals surface area (Å²) in [5.74, 6) is -6.67. The number of halogens is 4. The summed E-state index contributed by atoms with van der Waals surface area (Å²) in [6, 6.07) is 2.92. The molecule has 1 saturated carbocycles. The van der Waals surface area contributed by atoms with E-state index < -0.39 is 55.3 Å². The Labute approximate surface area is 170 Å². The second-order valence-electron chi connectivity index (χ2n) is 7.28. The first kappa shape index (κ1) is 22.2. The van der Waals surface area contributed by atoms with Crippen LogP contribution < -0.4 is 5.32 Å². The summed E-state index contributed by atoms with van der Waals surface area (Å²) in [6.45, 7) is 1.37. The van der Waals surface area contributed by atoms with Crippen LogP contribution in [0.25, 0.3) is 0 Å². The van der Waals surface area contributed by atoms with Gasteiger partial charge in [-0.3, -0.25) is 4.79 Å². The molecule has 2 N–H and O–H groups in total. The smallest absolute Gasteiger partial charge is 0.255 e. The summed E-state index contributed by atoms with van der Waals surface area (Å²) in [6.07, 6.45) is 0.259. The number of aryl methyl sites for hydroxylation is 1. The van der Waals surface area contributed by atoms with E-state index in [0.29, 0.717) is 12.1 Å². The first-order chi connectivity index (χ1) is 14.0. The highest BCUT2D eigenvalue weighted by Gasteiger charge is 2.34. The Morgan fingerprint density at radius 1 is 0.967 bits per heavy atom. The second kappa shape index (κ2) is 8.35. The molecule has 0 saturated heterocycles. The molecular weight excluding hydrogens is 426 g/mol.